The summed E-state index contributed by atoms with van der Waals surface area (Å²) in [6.07, 6.45) is 4.98. The standard InChI is InChI=1S/C21H25FN2O4S/c1-24(17-6-4-3-5-7-17)29(26,27)18-11-9-16(10-12-18)23-21(25)19-14-15(22)8-13-20(19)28-2/h8-14,17H,3-7H2,1-2H3,(H,23,25). The summed E-state index contributed by atoms with van der Waals surface area (Å²) in [5, 5.41) is 2.64. The first kappa shape index (κ1) is 21.3. The average Bonchev–Trinajstić information content (AvgIpc) is 2.74. The smallest absolute Gasteiger partial charge is 0.259 e. The van der Waals surface area contributed by atoms with E-state index in [0.717, 1.165) is 38.2 Å². The van der Waals surface area contributed by atoms with E-state index in [2.05, 4.69) is 5.32 Å². The zero-order valence-electron chi connectivity index (χ0n) is 16.5. The van der Waals surface area contributed by atoms with E-state index >= 15 is 0 Å². The molecule has 1 N–H and O–H groups in total. The molecule has 6 nitrogen and oxygen atoms in total. The molecule has 0 aliphatic heterocycles. The Morgan fingerprint density at radius 3 is 2.38 bits per heavy atom. The van der Waals surface area contributed by atoms with Crippen LogP contribution in [0.25, 0.3) is 0 Å². The summed E-state index contributed by atoms with van der Waals surface area (Å²) >= 11 is 0. The van der Waals surface area contributed by atoms with E-state index in [1.54, 1.807) is 7.05 Å². The highest BCUT2D eigenvalue weighted by atomic mass is 32.2. The van der Waals surface area contributed by atoms with Crippen LogP contribution in [0.3, 0.4) is 0 Å². The van der Waals surface area contributed by atoms with Gasteiger partial charge in [-0.3, -0.25) is 4.79 Å². The van der Waals surface area contributed by atoms with Crippen molar-refractivity contribution < 1.29 is 22.3 Å². The number of carbonyl (C=O) groups excluding carboxylic acids is 1. The van der Waals surface area contributed by atoms with Crippen molar-refractivity contribution in [2.45, 2.75) is 43.0 Å². The number of nitrogens with one attached hydrogen (secondary N) is 1. The summed E-state index contributed by atoms with van der Waals surface area (Å²) in [6.45, 7) is 0. The molecule has 3 rings (SSSR count). The summed E-state index contributed by atoms with van der Waals surface area (Å²) < 4.78 is 45.8. The second-order valence-electron chi connectivity index (χ2n) is 7.14. The van der Waals surface area contributed by atoms with Crippen LogP contribution in [0.1, 0.15) is 42.5 Å². The number of benzene rings is 2. The number of halogens is 1. The molecule has 0 heterocycles. The van der Waals surface area contributed by atoms with Gasteiger partial charge in [0.2, 0.25) is 10.0 Å². The third-order valence-corrected chi connectivity index (χ3v) is 7.21. The summed E-state index contributed by atoms with van der Waals surface area (Å²) in [4.78, 5) is 12.6. The van der Waals surface area contributed by atoms with Crippen LogP contribution in [0, 0.1) is 5.82 Å². The van der Waals surface area contributed by atoms with Gasteiger partial charge in [-0.25, -0.2) is 12.8 Å². The topological polar surface area (TPSA) is 75.7 Å². The van der Waals surface area contributed by atoms with Crippen LogP contribution >= 0.6 is 0 Å². The van der Waals surface area contributed by atoms with Gasteiger partial charge in [-0.05, 0) is 55.3 Å². The third kappa shape index (κ3) is 4.76. The van der Waals surface area contributed by atoms with Crippen molar-refractivity contribution in [3.63, 3.8) is 0 Å². The highest BCUT2D eigenvalue weighted by molar-refractivity contribution is 7.89. The lowest BCUT2D eigenvalue weighted by atomic mass is 9.96. The van der Waals surface area contributed by atoms with Crippen LogP contribution in [0.4, 0.5) is 10.1 Å². The fourth-order valence-corrected chi connectivity index (χ4v) is 4.99. The average molecular weight is 421 g/mol. The van der Waals surface area contributed by atoms with E-state index in [9.17, 15) is 17.6 Å². The van der Waals surface area contributed by atoms with Gasteiger partial charge in [-0.15, -0.1) is 0 Å². The number of methoxy groups -OCH3 is 1. The molecule has 0 spiro atoms. The maximum Gasteiger partial charge on any atom is 0.259 e. The lowest BCUT2D eigenvalue weighted by Gasteiger charge is -2.30. The lowest BCUT2D eigenvalue weighted by Crippen LogP contribution is -2.38. The molecule has 1 aliphatic carbocycles. The van der Waals surface area contributed by atoms with Crippen LogP contribution in [0.15, 0.2) is 47.4 Å². The van der Waals surface area contributed by atoms with E-state index in [1.165, 1.54) is 47.8 Å². The van der Waals surface area contributed by atoms with E-state index in [0.29, 0.717) is 5.69 Å². The van der Waals surface area contributed by atoms with Gasteiger partial charge in [0, 0.05) is 18.8 Å². The number of anilines is 1. The molecule has 0 bridgehead atoms. The molecule has 0 radical (unpaired) electrons. The number of hydrogen-bond donors (Lipinski definition) is 1. The van der Waals surface area contributed by atoms with Crippen molar-refractivity contribution in [3.05, 3.63) is 53.8 Å². The minimum absolute atomic E-state index is 0.0218. The highest BCUT2D eigenvalue weighted by Crippen LogP contribution is 2.27. The molecule has 0 saturated heterocycles. The second-order valence-corrected chi connectivity index (χ2v) is 9.13. The van der Waals surface area contributed by atoms with Crippen LogP contribution in [0.5, 0.6) is 5.75 Å². The van der Waals surface area contributed by atoms with E-state index in [1.807, 2.05) is 0 Å². The molecule has 1 amide bonds. The highest BCUT2D eigenvalue weighted by Gasteiger charge is 2.29. The van der Waals surface area contributed by atoms with Crippen LogP contribution in [0.2, 0.25) is 0 Å². The normalized spacial score (nSPS) is 15.3. The summed E-state index contributed by atoms with van der Waals surface area (Å²) in [6, 6.07) is 9.66. The van der Waals surface area contributed by atoms with E-state index < -0.39 is 21.7 Å². The second kappa shape index (κ2) is 8.92. The van der Waals surface area contributed by atoms with E-state index in [-0.39, 0.29) is 22.3 Å². The van der Waals surface area contributed by atoms with Crippen molar-refractivity contribution in [2.24, 2.45) is 0 Å². The molecular weight excluding hydrogens is 395 g/mol. The molecule has 0 atom stereocenters. The number of nitrogens with zero attached hydrogens (tertiary/aromatic N) is 1. The molecule has 1 saturated carbocycles. The Morgan fingerprint density at radius 2 is 1.76 bits per heavy atom. The first-order valence-corrected chi connectivity index (χ1v) is 11.0. The molecule has 0 aromatic heterocycles. The molecule has 1 fully saturated rings. The predicted molar refractivity (Wildman–Crippen MR) is 109 cm³/mol. The van der Waals surface area contributed by atoms with Gasteiger partial charge < -0.3 is 10.1 Å². The number of carbonyl (C=O) groups is 1. The van der Waals surface area contributed by atoms with Crippen molar-refractivity contribution in [3.8, 4) is 5.75 Å². The van der Waals surface area contributed by atoms with E-state index in [4.69, 9.17) is 4.74 Å². The Labute approximate surface area is 170 Å². The number of rotatable bonds is 6. The Bertz CT molecular complexity index is 971. The Balaban J connectivity index is 1.74. The maximum absolute atomic E-state index is 13.5. The van der Waals surface area contributed by atoms with Gasteiger partial charge in [0.05, 0.1) is 17.6 Å². The number of hydrogen-bond acceptors (Lipinski definition) is 4. The number of amides is 1. The Morgan fingerprint density at radius 1 is 1.10 bits per heavy atom. The predicted octanol–water partition coefficient (Wildman–Crippen LogP) is 4.04. The molecule has 1 aliphatic rings. The van der Waals surface area contributed by atoms with Gasteiger partial charge in [0.15, 0.2) is 0 Å². The third-order valence-electron chi connectivity index (χ3n) is 5.28. The maximum atomic E-state index is 13.5. The van der Waals surface area contributed by atoms with Crippen LogP contribution in [-0.4, -0.2) is 38.8 Å². The minimum atomic E-state index is -3.60. The van der Waals surface area contributed by atoms with Crippen molar-refractivity contribution >= 4 is 21.6 Å². The summed E-state index contributed by atoms with van der Waals surface area (Å²) in [5.74, 6) is -0.850. The quantitative estimate of drug-likeness (QED) is 0.765. The molecule has 8 heteroatoms. The van der Waals surface area contributed by atoms with Crippen molar-refractivity contribution in [2.75, 3.05) is 19.5 Å². The molecule has 0 unspecified atom stereocenters. The number of sulfonamides is 1. The van der Waals surface area contributed by atoms with Gasteiger partial charge in [0.1, 0.15) is 11.6 Å². The monoisotopic (exact) mass is 420 g/mol. The first-order valence-electron chi connectivity index (χ1n) is 9.56. The largest absolute Gasteiger partial charge is 0.496 e. The van der Waals surface area contributed by atoms with Crippen LogP contribution < -0.4 is 10.1 Å². The van der Waals surface area contributed by atoms with Crippen LogP contribution in [-0.2, 0) is 10.0 Å². The zero-order chi connectivity index (χ0) is 21.0. The SMILES string of the molecule is COc1ccc(F)cc1C(=O)Nc1ccc(S(=O)(=O)N(C)C2CCCCC2)cc1. The zero-order valence-corrected chi connectivity index (χ0v) is 17.3. The van der Waals surface area contributed by atoms with Gasteiger partial charge in [0.25, 0.3) is 5.91 Å². The molecule has 2 aromatic carbocycles. The van der Waals surface area contributed by atoms with Gasteiger partial charge in [-0.1, -0.05) is 19.3 Å². The minimum Gasteiger partial charge on any atom is -0.496 e. The Kier molecular flexibility index (Phi) is 6.54. The fraction of sp³-hybridized carbons (Fsp3) is 0.381. The summed E-state index contributed by atoms with van der Waals surface area (Å²) in [5.41, 5.74) is 0.460. The molecule has 2 aromatic rings. The Hall–Kier alpha value is -2.45. The van der Waals surface area contributed by atoms with Crippen molar-refractivity contribution in [1.29, 1.82) is 0 Å². The fourth-order valence-electron chi connectivity index (χ4n) is 3.57. The van der Waals surface area contributed by atoms with Gasteiger partial charge >= 0.3 is 0 Å². The lowest BCUT2D eigenvalue weighted by molar-refractivity contribution is 0.102. The summed E-state index contributed by atoms with van der Waals surface area (Å²) in [7, 11) is -0.584. The molecule has 29 heavy (non-hydrogen) atoms. The number of ether oxygens (including phenoxy) is 1. The van der Waals surface area contributed by atoms with Crippen molar-refractivity contribution in [1.82, 2.24) is 4.31 Å². The molecular formula is C21H25FN2O4S. The molecule has 156 valence electrons. The van der Waals surface area contributed by atoms with Gasteiger partial charge in [-0.2, -0.15) is 4.31 Å². The first-order chi connectivity index (χ1) is 13.8.